The summed E-state index contributed by atoms with van der Waals surface area (Å²) in [4.78, 5) is 11.3. The van der Waals surface area contributed by atoms with E-state index in [1.807, 2.05) is 13.1 Å². The highest BCUT2D eigenvalue weighted by Gasteiger charge is 2.02. The lowest BCUT2D eigenvalue weighted by atomic mass is 10.3. The molecule has 0 radical (unpaired) electrons. The van der Waals surface area contributed by atoms with E-state index in [4.69, 9.17) is 9.47 Å². The summed E-state index contributed by atoms with van der Waals surface area (Å²) in [6.07, 6.45) is 2.51. The van der Waals surface area contributed by atoms with Crippen molar-refractivity contribution < 1.29 is 14.3 Å². The summed E-state index contributed by atoms with van der Waals surface area (Å²) < 4.78 is 11.7. The van der Waals surface area contributed by atoms with Crippen LogP contribution in [0.4, 0.5) is 0 Å². The lowest BCUT2D eigenvalue weighted by Crippen LogP contribution is -2.30. The molecule has 1 aromatic rings. The second-order valence-electron chi connectivity index (χ2n) is 3.59. The molecule has 1 amide bonds. The summed E-state index contributed by atoms with van der Waals surface area (Å²) in [6, 6.07) is 1.93. The molecule has 1 N–H and O–H groups in total. The third kappa shape index (κ3) is 5.46. The first kappa shape index (κ1) is 13.7. The van der Waals surface area contributed by atoms with Crippen LogP contribution in [-0.4, -0.2) is 49.2 Å². The first-order chi connectivity index (χ1) is 8.24. The summed E-state index contributed by atoms with van der Waals surface area (Å²) in [7, 11) is 3.47. The van der Waals surface area contributed by atoms with Crippen LogP contribution >= 0.6 is 0 Å². The van der Waals surface area contributed by atoms with Gasteiger partial charge in [-0.1, -0.05) is 0 Å². The van der Waals surface area contributed by atoms with Crippen LogP contribution in [0.3, 0.4) is 0 Å². The van der Waals surface area contributed by atoms with Crippen LogP contribution in [0.15, 0.2) is 12.3 Å². The van der Waals surface area contributed by atoms with E-state index < -0.39 is 0 Å². The molecule has 17 heavy (non-hydrogen) atoms. The molecule has 1 aromatic heterocycles. The number of rotatable bonds is 8. The molecule has 0 saturated heterocycles. The van der Waals surface area contributed by atoms with Gasteiger partial charge in [0.15, 0.2) is 0 Å². The predicted octanol–water partition coefficient (Wildman–Crippen LogP) is -0.258. The van der Waals surface area contributed by atoms with Crippen molar-refractivity contribution >= 4 is 5.91 Å². The number of methoxy groups -OCH3 is 1. The number of hydrogen-bond acceptors (Lipinski definition) is 4. The smallest absolute Gasteiger partial charge is 0.246 e. The lowest BCUT2D eigenvalue weighted by Gasteiger charge is -2.06. The van der Waals surface area contributed by atoms with Crippen molar-refractivity contribution in [2.24, 2.45) is 7.05 Å². The topological polar surface area (TPSA) is 65.4 Å². The van der Waals surface area contributed by atoms with Crippen molar-refractivity contribution in [1.82, 2.24) is 15.1 Å². The fourth-order valence-electron chi connectivity index (χ4n) is 1.33. The third-order valence-electron chi connectivity index (χ3n) is 2.29. The Morgan fingerprint density at radius 3 is 3.00 bits per heavy atom. The molecule has 1 heterocycles. The van der Waals surface area contributed by atoms with Crippen molar-refractivity contribution in [1.29, 1.82) is 0 Å². The van der Waals surface area contributed by atoms with E-state index in [1.165, 1.54) is 0 Å². The van der Waals surface area contributed by atoms with E-state index in [1.54, 1.807) is 18.0 Å². The van der Waals surface area contributed by atoms with Crippen molar-refractivity contribution in [3.63, 3.8) is 0 Å². The molecule has 0 aliphatic rings. The second kappa shape index (κ2) is 7.81. The van der Waals surface area contributed by atoms with Crippen LogP contribution in [0.5, 0.6) is 0 Å². The highest BCUT2D eigenvalue weighted by molar-refractivity contribution is 5.77. The summed E-state index contributed by atoms with van der Waals surface area (Å²) >= 11 is 0. The Balaban J connectivity index is 2.06. The van der Waals surface area contributed by atoms with E-state index in [2.05, 4.69) is 10.4 Å². The van der Waals surface area contributed by atoms with Crippen molar-refractivity contribution in [3.8, 4) is 0 Å². The van der Waals surface area contributed by atoms with Gasteiger partial charge in [-0.3, -0.25) is 9.48 Å². The molecule has 0 bridgehead atoms. The van der Waals surface area contributed by atoms with Gasteiger partial charge in [0, 0.05) is 39.0 Å². The minimum atomic E-state index is -0.108. The van der Waals surface area contributed by atoms with Crippen molar-refractivity contribution in [2.75, 3.05) is 33.5 Å². The van der Waals surface area contributed by atoms with Crippen LogP contribution in [0.1, 0.15) is 5.69 Å². The Bertz CT molecular complexity index is 338. The number of carbonyl (C=O) groups is 1. The van der Waals surface area contributed by atoms with Crippen LogP contribution in [0.25, 0.3) is 0 Å². The van der Waals surface area contributed by atoms with Gasteiger partial charge in [-0.2, -0.15) is 5.10 Å². The molecule has 0 saturated carbocycles. The standard InChI is InChI=1S/C11H19N3O3/c1-14-10(4-6-13-14)3-5-12-11(15)9-17-8-7-16-2/h4,6H,3,5,7-9H2,1-2H3,(H,12,15). The molecule has 0 fully saturated rings. The molecule has 0 aliphatic carbocycles. The number of nitrogens with zero attached hydrogens (tertiary/aromatic N) is 2. The molecule has 0 atom stereocenters. The summed E-state index contributed by atoms with van der Waals surface area (Å²) in [5.74, 6) is -0.108. The van der Waals surface area contributed by atoms with Crippen molar-refractivity contribution in [2.45, 2.75) is 6.42 Å². The molecule has 96 valence electrons. The number of ether oxygens (including phenoxy) is 2. The molecule has 6 nitrogen and oxygen atoms in total. The summed E-state index contributed by atoms with van der Waals surface area (Å²) in [5.41, 5.74) is 1.09. The van der Waals surface area contributed by atoms with Gasteiger partial charge in [0.1, 0.15) is 6.61 Å². The van der Waals surface area contributed by atoms with Gasteiger partial charge < -0.3 is 14.8 Å². The Hall–Kier alpha value is -1.40. The van der Waals surface area contributed by atoms with Gasteiger partial charge in [0.25, 0.3) is 0 Å². The van der Waals surface area contributed by atoms with Gasteiger partial charge >= 0.3 is 0 Å². The summed E-state index contributed by atoms with van der Waals surface area (Å²) in [6.45, 7) is 1.61. The fraction of sp³-hybridized carbons (Fsp3) is 0.636. The highest BCUT2D eigenvalue weighted by Crippen LogP contribution is 1.95. The molecular formula is C11H19N3O3. The zero-order chi connectivity index (χ0) is 12.5. The first-order valence-electron chi connectivity index (χ1n) is 5.54. The second-order valence-corrected chi connectivity index (χ2v) is 3.59. The Morgan fingerprint density at radius 2 is 2.35 bits per heavy atom. The van der Waals surface area contributed by atoms with Crippen molar-refractivity contribution in [3.05, 3.63) is 18.0 Å². The average molecular weight is 241 g/mol. The van der Waals surface area contributed by atoms with Gasteiger partial charge in [0.05, 0.1) is 13.2 Å². The quantitative estimate of drug-likeness (QED) is 0.637. The SMILES string of the molecule is COCCOCC(=O)NCCc1ccnn1C. The number of amides is 1. The average Bonchev–Trinajstić information content (AvgIpc) is 2.71. The number of nitrogens with one attached hydrogen (secondary N) is 1. The van der Waals surface area contributed by atoms with E-state index >= 15 is 0 Å². The zero-order valence-electron chi connectivity index (χ0n) is 10.3. The van der Waals surface area contributed by atoms with Crippen LogP contribution < -0.4 is 5.32 Å². The monoisotopic (exact) mass is 241 g/mol. The Labute approximate surface area is 101 Å². The minimum Gasteiger partial charge on any atom is -0.382 e. The maximum atomic E-state index is 11.3. The normalized spacial score (nSPS) is 10.5. The van der Waals surface area contributed by atoms with E-state index in [9.17, 15) is 4.79 Å². The number of aryl methyl sites for hydroxylation is 1. The minimum absolute atomic E-state index is 0.0781. The zero-order valence-corrected chi connectivity index (χ0v) is 10.3. The first-order valence-corrected chi connectivity index (χ1v) is 5.54. The maximum absolute atomic E-state index is 11.3. The fourth-order valence-corrected chi connectivity index (χ4v) is 1.33. The molecule has 1 rings (SSSR count). The van der Waals surface area contributed by atoms with Crippen LogP contribution in [0.2, 0.25) is 0 Å². The molecule has 0 aromatic carbocycles. The van der Waals surface area contributed by atoms with Gasteiger partial charge in [-0.25, -0.2) is 0 Å². The molecule has 6 heteroatoms. The maximum Gasteiger partial charge on any atom is 0.246 e. The molecule has 0 aliphatic heterocycles. The van der Waals surface area contributed by atoms with Gasteiger partial charge in [-0.15, -0.1) is 0 Å². The Morgan fingerprint density at radius 1 is 1.53 bits per heavy atom. The molecule has 0 unspecified atom stereocenters. The van der Waals surface area contributed by atoms with Gasteiger partial charge in [0.2, 0.25) is 5.91 Å². The van der Waals surface area contributed by atoms with Crippen LogP contribution in [0, 0.1) is 0 Å². The van der Waals surface area contributed by atoms with E-state index in [0.717, 1.165) is 12.1 Å². The Kier molecular flexibility index (Phi) is 6.27. The molecular weight excluding hydrogens is 222 g/mol. The summed E-state index contributed by atoms with van der Waals surface area (Å²) in [5, 5.41) is 6.83. The predicted molar refractivity (Wildman–Crippen MR) is 62.6 cm³/mol. The number of carbonyl (C=O) groups excluding carboxylic acids is 1. The highest BCUT2D eigenvalue weighted by atomic mass is 16.5. The van der Waals surface area contributed by atoms with Crippen LogP contribution in [-0.2, 0) is 27.7 Å². The lowest BCUT2D eigenvalue weighted by molar-refractivity contribution is -0.126. The number of aromatic nitrogens is 2. The van der Waals surface area contributed by atoms with E-state index in [0.29, 0.717) is 19.8 Å². The third-order valence-corrected chi connectivity index (χ3v) is 2.29. The van der Waals surface area contributed by atoms with E-state index in [-0.39, 0.29) is 12.5 Å². The largest absolute Gasteiger partial charge is 0.382 e. The molecule has 0 spiro atoms. The number of hydrogen-bond donors (Lipinski definition) is 1. The van der Waals surface area contributed by atoms with Gasteiger partial charge in [-0.05, 0) is 6.07 Å².